The highest BCUT2D eigenvalue weighted by atomic mass is 32.1. The Morgan fingerprint density at radius 3 is 2.28 bits per heavy atom. The smallest absolute Gasteiger partial charge is 0.180 e. The molecule has 4 nitrogen and oxygen atoms in total. The number of nitrogens with zero attached hydrogens (tertiary/aromatic N) is 3. The molecule has 54 heavy (non-hydrogen) atoms. The van der Waals surface area contributed by atoms with Crippen molar-refractivity contribution < 1.29 is 4.42 Å². The van der Waals surface area contributed by atoms with Crippen LogP contribution in [0.15, 0.2) is 156 Å². The summed E-state index contributed by atoms with van der Waals surface area (Å²) in [5.74, 6) is 0.692. The molecule has 0 fully saturated rings. The highest BCUT2D eigenvalue weighted by molar-refractivity contribution is 7.26. The second-order valence-electron chi connectivity index (χ2n) is 14.9. The van der Waals surface area contributed by atoms with Crippen LogP contribution in [0.2, 0.25) is 0 Å². The largest absolute Gasteiger partial charge is 0.452 e. The zero-order valence-electron chi connectivity index (χ0n) is 29.6. The quantitative estimate of drug-likeness (QED) is 0.183. The number of hydrogen-bond acceptors (Lipinski definition) is 4. The fraction of sp³-hybridized carbons (Fsp3) is 0.0612. The Bertz CT molecular complexity index is 3360. The van der Waals surface area contributed by atoms with Gasteiger partial charge in [-0.15, -0.1) is 11.3 Å². The molecule has 0 amide bonds. The second kappa shape index (κ2) is 10.8. The van der Waals surface area contributed by atoms with Crippen LogP contribution in [0.3, 0.4) is 0 Å². The van der Waals surface area contributed by atoms with Crippen molar-refractivity contribution in [2.24, 2.45) is 0 Å². The van der Waals surface area contributed by atoms with Crippen molar-refractivity contribution in [1.29, 1.82) is 0 Å². The lowest BCUT2D eigenvalue weighted by molar-refractivity contribution is 0.664. The molecule has 11 aromatic rings. The van der Waals surface area contributed by atoms with Crippen molar-refractivity contribution in [3.8, 4) is 39.5 Å². The molecule has 1 aliphatic carbocycles. The number of hydrogen-bond donors (Lipinski definition) is 0. The first-order valence-corrected chi connectivity index (χ1v) is 19.2. The predicted octanol–water partition coefficient (Wildman–Crippen LogP) is 13.5. The van der Waals surface area contributed by atoms with Gasteiger partial charge in [-0.05, 0) is 64.7 Å². The lowest BCUT2D eigenvalue weighted by Crippen LogP contribution is -2.16. The fourth-order valence-corrected chi connectivity index (χ4v) is 10.3. The maximum atomic E-state index is 6.44. The molecule has 0 aliphatic heterocycles. The molecule has 7 aromatic carbocycles. The molecule has 0 saturated heterocycles. The maximum Gasteiger partial charge on any atom is 0.180 e. The first-order chi connectivity index (χ1) is 26.5. The first kappa shape index (κ1) is 30.0. The summed E-state index contributed by atoms with van der Waals surface area (Å²) < 4.78 is 11.4. The molecular formula is C49H31N3OS. The van der Waals surface area contributed by atoms with Gasteiger partial charge in [-0.3, -0.25) is 0 Å². The normalized spacial score (nSPS) is 13.5. The average Bonchev–Trinajstić information content (AvgIpc) is 3.94. The molecule has 4 heterocycles. The molecule has 0 bridgehead atoms. The molecule has 0 saturated carbocycles. The summed E-state index contributed by atoms with van der Waals surface area (Å²) in [4.78, 5) is 10.6. The van der Waals surface area contributed by atoms with Gasteiger partial charge < -0.3 is 8.98 Å². The molecule has 0 N–H and O–H groups in total. The van der Waals surface area contributed by atoms with Gasteiger partial charge in [-0.1, -0.05) is 123 Å². The highest BCUT2D eigenvalue weighted by Crippen LogP contribution is 2.53. The van der Waals surface area contributed by atoms with Gasteiger partial charge in [0.2, 0.25) is 0 Å². The van der Waals surface area contributed by atoms with E-state index in [0.717, 1.165) is 39.0 Å². The zero-order valence-corrected chi connectivity index (χ0v) is 30.4. The predicted molar refractivity (Wildman–Crippen MR) is 225 cm³/mol. The lowest BCUT2D eigenvalue weighted by Gasteiger charge is -2.23. The molecule has 5 heteroatoms. The van der Waals surface area contributed by atoms with Crippen LogP contribution in [0, 0.1) is 0 Å². The van der Waals surface area contributed by atoms with Gasteiger partial charge in [0.25, 0.3) is 0 Å². The zero-order chi connectivity index (χ0) is 35.7. The van der Waals surface area contributed by atoms with Gasteiger partial charge in [-0.25, -0.2) is 9.97 Å². The van der Waals surface area contributed by atoms with E-state index in [1.54, 1.807) is 0 Å². The third-order valence-corrected chi connectivity index (χ3v) is 12.7. The number of benzene rings is 7. The van der Waals surface area contributed by atoms with E-state index >= 15 is 0 Å². The highest BCUT2D eigenvalue weighted by Gasteiger charge is 2.38. The average molecular weight is 710 g/mol. The molecule has 0 atom stereocenters. The van der Waals surface area contributed by atoms with E-state index in [2.05, 4.69) is 134 Å². The molecular weight excluding hydrogens is 679 g/mol. The summed E-state index contributed by atoms with van der Waals surface area (Å²) in [6, 6.07) is 54.4. The minimum Gasteiger partial charge on any atom is -0.452 e. The Morgan fingerprint density at radius 2 is 1.37 bits per heavy atom. The lowest BCUT2D eigenvalue weighted by atomic mass is 9.81. The Balaban J connectivity index is 1.15. The van der Waals surface area contributed by atoms with Gasteiger partial charge >= 0.3 is 0 Å². The Labute approximate surface area is 314 Å². The van der Waals surface area contributed by atoms with Crippen molar-refractivity contribution in [3.05, 3.63) is 163 Å². The molecule has 4 aromatic heterocycles. The van der Waals surface area contributed by atoms with Gasteiger partial charge in [0.15, 0.2) is 11.4 Å². The van der Waals surface area contributed by atoms with Crippen LogP contribution in [0.25, 0.3) is 104 Å². The van der Waals surface area contributed by atoms with E-state index in [4.69, 9.17) is 14.4 Å². The Hall–Kier alpha value is -6.56. The van der Waals surface area contributed by atoms with Crippen molar-refractivity contribution in [1.82, 2.24) is 14.5 Å². The summed E-state index contributed by atoms with van der Waals surface area (Å²) in [7, 11) is 0. The van der Waals surface area contributed by atoms with Crippen molar-refractivity contribution in [2.45, 2.75) is 19.3 Å². The van der Waals surface area contributed by atoms with Crippen LogP contribution in [0.5, 0.6) is 0 Å². The van der Waals surface area contributed by atoms with Crippen molar-refractivity contribution in [3.63, 3.8) is 0 Å². The third kappa shape index (κ3) is 3.97. The number of thiophene rings is 1. The Kier molecular flexibility index (Phi) is 5.96. The van der Waals surface area contributed by atoms with E-state index in [0.29, 0.717) is 11.4 Å². The summed E-state index contributed by atoms with van der Waals surface area (Å²) in [6.07, 6.45) is 0. The van der Waals surface area contributed by atoms with E-state index < -0.39 is 0 Å². The summed E-state index contributed by atoms with van der Waals surface area (Å²) in [5, 5.41) is 5.90. The van der Waals surface area contributed by atoms with Crippen LogP contribution in [0.4, 0.5) is 0 Å². The minimum absolute atomic E-state index is 0.159. The third-order valence-electron chi connectivity index (χ3n) is 11.6. The van der Waals surface area contributed by atoms with E-state index in [-0.39, 0.29) is 5.41 Å². The summed E-state index contributed by atoms with van der Waals surface area (Å²) >= 11 is 1.82. The second-order valence-corrected chi connectivity index (χ2v) is 16.0. The topological polar surface area (TPSA) is 43.9 Å². The molecule has 0 spiro atoms. The summed E-state index contributed by atoms with van der Waals surface area (Å²) in [5.41, 5.74) is 14.0. The fourth-order valence-electron chi connectivity index (χ4n) is 9.22. The Morgan fingerprint density at radius 1 is 0.593 bits per heavy atom. The number of rotatable bonds is 3. The number of furan rings is 1. The van der Waals surface area contributed by atoms with E-state index in [1.807, 2.05) is 47.7 Å². The van der Waals surface area contributed by atoms with Crippen LogP contribution in [-0.2, 0) is 5.41 Å². The molecule has 12 rings (SSSR count). The SMILES string of the molecule is CC1(C)c2ccccc2-c2ccc3c4ccccc4n(-c4ccc5sc6cccc(-c7nc(-c8ccccc8)c8oc9ccccc9c8n7)c6c5c4)c3c21. The summed E-state index contributed by atoms with van der Waals surface area (Å²) in [6.45, 7) is 4.76. The number of aromatic nitrogens is 3. The van der Waals surface area contributed by atoms with Crippen LogP contribution < -0.4 is 0 Å². The van der Waals surface area contributed by atoms with Gasteiger partial charge in [0.1, 0.15) is 16.8 Å². The molecule has 254 valence electrons. The molecule has 0 radical (unpaired) electrons. The monoisotopic (exact) mass is 709 g/mol. The number of para-hydroxylation sites is 2. The maximum absolute atomic E-state index is 6.44. The first-order valence-electron chi connectivity index (χ1n) is 18.4. The van der Waals surface area contributed by atoms with Gasteiger partial charge in [0, 0.05) is 58.6 Å². The van der Waals surface area contributed by atoms with Gasteiger partial charge in [0.05, 0.1) is 11.0 Å². The van der Waals surface area contributed by atoms with Crippen LogP contribution in [0.1, 0.15) is 25.0 Å². The molecule has 0 unspecified atom stereocenters. The van der Waals surface area contributed by atoms with Crippen LogP contribution in [-0.4, -0.2) is 14.5 Å². The van der Waals surface area contributed by atoms with Crippen molar-refractivity contribution >= 4 is 75.4 Å². The molecule has 1 aliphatic rings. The van der Waals surface area contributed by atoms with Gasteiger partial charge in [-0.2, -0.15) is 0 Å². The van der Waals surface area contributed by atoms with E-state index in [9.17, 15) is 0 Å². The minimum atomic E-state index is -0.159. The number of fused-ring (bicyclic) bond motifs is 13. The standard InChI is InChI=1S/C49H31N3OS/c1-49(2)37-19-9-6-15-30(37)32-24-25-33-31-16-7-10-20-38(31)52(46(33)43(32)49)29-23-26-40-36(27-29)42-35(18-12-22-41(42)54-40)48-50-44(28-13-4-3-5-14-28)47-45(51-48)34-17-8-11-21-39(34)53-47/h3-27H,1-2H3. The van der Waals surface area contributed by atoms with E-state index in [1.165, 1.54) is 64.2 Å². The van der Waals surface area contributed by atoms with Crippen LogP contribution >= 0.6 is 11.3 Å². The van der Waals surface area contributed by atoms with Crippen molar-refractivity contribution in [2.75, 3.05) is 0 Å².